The van der Waals surface area contributed by atoms with Crippen LogP contribution in [0.4, 0.5) is 0 Å². The first-order valence-corrected chi connectivity index (χ1v) is 12.2. The van der Waals surface area contributed by atoms with Gasteiger partial charge in [-0.15, -0.1) is 0 Å². The average Bonchev–Trinajstić information content (AvgIpc) is 3.27. The second kappa shape index (κ2) is 11.1. The molecule has 0 aliphatic carbocycles. The van der Waals surface area contributed by atoms with Crippen molar-refractivity contribution in [1.82, 2.24) is 9.88 Å². The molecule has 0 aliphatic rings. The molecule has 0 bridgehead atoms. The smallest absolute Gasteiger partial charge is 0.303 e. The van der Waals surface area contributed by atoms with Gasteiger partial charge >= 0.3 is 5.97 Å². The molecule has 1 aromatic heterocycles. The first kappa shape index (κ1) is 25.0. The van der Waals surface area contributed by atoms with Crippen molar-refractivity contribution in [3.8, 4) is 11.1 Å². The summed E-state index contributed by atoms with van der Waals surface area (Å²) in [5, 5.41) is 13.1. The molecular weight excluding hydrogens is 448 g/mol. The molecule has 36 heavy (non-hydrogen) atoms. The van der Waals surface area contributed by atoms with E-state index in [9.17, 15) is 14.7 Å². The van der Waals surface area contributed by atoms with Crippen molar-refractivity contribution in [2.75, 3.05) is 0 Å². The molecule has 4 rings (SSSR count). The molecule has 1 atom stereocenters. The van der Waals surface area contributed by atoms with E-state index < -0.39 is 5.97 Å². The molecule has 3 aromatic carbocycles. The Hall–Kier alpha value is -4.12. The highest BCUT2D eigenvalue weighted by Gasteiger charge is 2.20. The Bertz CT molecular complexity index is 1370. The Labute approximate surface area is 212 Å². The van der Waals surface area contributed by atoms with E-state index in [-0.39, 0.29) is 24.2 Å². The third-order valence-corrected chi connectivity index (χ3v) is 6.63. The second-order valence-corrected chi connectivity index (χ2v) is 9.61. The summed E-state index contributed by atoms with van der Waals surface area (Å²) in [5.41, 5.74) is 5.45. The van der Waals surface area contributed by atoms with Gasteiger partial charge in [0.25, 0.3) is 5.91 Å². The molecule has 1 heterocycles. The number of carboxylic acids is 1. The molecule has 0 fully saturated rings. The summed E-state index contributed by atoms with van der Waals surface area (Å²) in [5.74, 6) is -0.993. The van der Waals surface area contributed by atoms with Crippen LogP contribution in [-0.2, 0) is 11.3 Å². The van der Waals surface area contributed by atoms with Crippen LogP contribution in [0.2, 0.25) is 0 Å². The number of allylic oxidation sites excluding steroid dienone is 1. The molecule has 5 heteroatoms. The van der Waals surface area contributed by atoms with Gasteiger partial charge in [0, 0.05) is 30.2 Å². The van der Waals surface area contributed by atoms with E-state index in [4.69, 9.17) is 0 Å². The van der Waals surface area contributed by atoms with Crippen molar-refractivity contribution in [3.05, 3.63) is 108 Å². The lowest BCUT2D eigenvalue weighted by molar-refractivity contribution is -0.138. The highest BCUT2D eigenvalue weighted by atomic mass is 16.4. The minimum absolute atomic E-state index is 0.0497. The van der Waals surface area contributed by atoms with Crippen molar-refractivity contribution in [2.24, 2.45) is 11.8 Å². The zero-order valence-electron chi connectivity index (χ0n) is 20.8. The molecule has 0 saturated carbocycles. The van der Waals surface area contributed by atoms with E-state index in [1.54, 1.807) is 0 Å². The van der Waals surface area contributed by atoms with Crippen LogP contribution >= 0.6 is 0 Å². The van der Waals surface area contributed by atoms with Crippen LogP contribution in [0.25, 0.3) is 22.0 Å². The van der Waals surface area contributed by atoms with Gasteiger partial charge in [-0.2, -0.15) is 0 Å². The average molecular weight is 481 g/mol. The van der Waals surface area contributed by atoms with Gasteiger partial charge in [0.1, 0.15) is 0 Å². The topological polar surface area (TPSA) is 71.3 Å². The van der Waals surface area contributed by atoms with Crippen LogP contribution in [0, 0.1) is 11.8 Å². The van der Waals surface area contributed by atoms with E-state index in [2.05, 4.69) is 52.9 Å². The number of hydrogen-bond donors (Lipinski definition) is 2. The fraction of sp³-hybridized carbons (Fsp3) is 0.226. The molecule has 184 valence electrons. The molecule has 4 aromatic rings. The molecule has 0 radical (unpaired) electrons. The Morgan fingerprint density at radius 2 is 1.58 bits per heavy atom. The number of carboxylic acid groups (broad SMARTS) is 1. The van der Waals surface area contributed by atoms with Gasteiger partial charge in [-0.1, -0.05) is 87.2 Å². The highest BCUT2D eigenvalue weighted by Crippen LogP contribution is 2.25. The lowest BCUT2D eigenvalue weighted by Gasteiger charge is -2.20. The molecule has 0 saturated heterocycles. The van der Waals surface area contributed by atoms with Crippen molar-refractivity contribution in [1.29, 1.82) is 0 Å². The molecule has 0 unspecified atom stereocenters. The second-order valence-electron chi connectivity index (χ2n) is 9.61. The lowest BCUT2D eigenvalue weighted by atomic mass is 9.88. The largest absolute Gasteiger partial charge is 0.481 e. The normalized spacial score (nSPS) is 12.0. The molecule has 0 spiro atoms. The molecule has 1 amide bonds. The van der Waals surface area contributed by atoms with Crippen molar-refractivity contribution >= 4 is 22.8 Å². The zero-order chi connectivity index (χ0) is 25.7. The third-order valence-electron chi connectivity index (χ3n) is 6.63. The van der Waals surface area contributed by atoms with Gasteiger partial charge in [-0.05, 0) is 47.1 Å². The Balaban J connectivity index is 1.52. The van der Waals surface area contributed by atoms with E-state index in [1.807, 2.05) is 62.5 Å². The summed E-state index contributed by atoms with van der Waals surface area (Å²) in [6.07, 6.45) is 2.48. The van der Waals surface area contributed by atoms with E-state index in [1.165, 1.54) is 5.56 Å². The molecule has 0 aliphatic heterocycles. The van der Waals surface area contributed by atoms with E-state index >= 15 is 0 Å². The monoisotopic (exact) mass is 480 g/mol. The predicted octanol–water partition coefficient (Wildman–Crippen LogP) is 6.74. The summed E-state index contributed by atoms with van der Waals surface area (Å²) >= 11 is 0. The molecule has 2 N–H and O–H groups in total. The number of aliphatic carboxylic acids is 1. The number of fused-ring (bicyclic) bond motifs is 1. The minimum Gasteiger partial charge on any atom is -0.481 e. The predicted molar refractivity (Wildman–Crippen MR) is 145 cm³/mol. The van der Waals surface area contributed by atoms with Gasteiger partial charge in [0.05, 0.1) is 11.1 Å². The fourth-order valence-electron chi connectivity index (χ4n) is 4.57. The number of para-hydroxylation sites is 1. The fourth-order valence-corrected chi connectivity index (χ4v) is 4.57. The van der Waals surface area contributed by atoms with Crippen LogP contribution in [0.1, 0.15) is 42.6 Å². The van der Waals surface area contributed by atoms with Gasteiger partial charge in [0.15, 0.2) is 0 Å². The summed E-state index contributed by atoms with van der Waals surface area (Å²) in [6.45, 7) is 8.62. The van der Waals surface area contributed by atoms with Gasteiger partial charge < -0.3 is 15.0 Å². The van der Waals surface area contributed by atoms with Crippen molar-refractivity contribution in [2.45, 2.75) is 33.2 Å². The number of nitrogens with one attached hydrogen (secondary N) is 1. The summed E-state index contributed by atoms with van der Waals surface area (Å²) in [6, 6.07) is 26.5. The van der Waals surface area contributed by atoms with Crippen molar-refractivity contribution in [3.63, 3.8) is 0 Å². The Morgan fingerprint density at radius 1 is 0.889 bits per heavy atom. The standard InChI is InChI=1S/C31H32N2O3/c1-21(2)27(19-29(34)35)18-22(3)32-31(36)28-11-7-10-26-16-17-33(30(26)28)20-23-12-14-25(15-13-23)24-8-5-4-6-9-24/h4-17,21,27H,3,18-20H2,1-2H3,(H,32,36)(H,34,35)/t27-/m1/s1. The van der Waals surface area contributed by atoms with Gasteiger partial charge in [0.2, 0.25) is 0 Å². The molecule has 5 nitrogen and oxygen atoms in total. The number of rotatable bonds is 10. The van der Waals surface area contributed by atoms with E-state index in [0.29, 0.717) is 24.2 Å². The van der Waals surface area contributed by atoms with E-state index in [0.717, 1.165) is 22.0 Å². The van der Waals surface area contributed by atoms with Crippen LogP contribution < -0.4 is 5.32 Å². The van der Waals surface area contributed by atoms with Gasteiger partial charge in [-0.3, -0.25) is 9.59 Å². The summed E-state index contributed by atoms with van der Waals surface area (Å²) in [4.78, 5) is 24.5. The third kappa shape index (κ3) is 5.92. The van der Waals surface area contributed by atoms with Crippen molar-refractivity contribution < 1.29 is 14.7 Å². The number of carbonyl (C=O) groups excluding carboxylic acids is 1. The van der Waals surface area contributed by atoms with Crippen LogP contribution in [0.3, 0.4) is 0 Å². The SMILES string of the molecule is C=C(C[C@H](CC(=O)O)C(C)C)NC(=O)c1cccc2ccn(Cc3ccc(-c4ccccc4)cc3)c12. The first-order chi connectivity index (χ1) is 17.3. The van der Waals surface area contributed by atoms with Gasteiger partial charge in [-0.25, -0.2) is 0 Å². The minimum atomic E-state index is -0.841. The van der Waals surface area contributed by atoms with Crippen LogP contribution in [-0.4, -0.2) is 21.6 Å². The first-order valence-electron chi connectivity index (χ1n) is 12.2. The number of benzene rings is 3. The Kier molecular flexibility index (Phi) is 7.69. The summed E-state index contributed by atoms with van der Waals surface area (Å²) < 4.78 is 2.09. The maximum absolute atomic E-state index is 13.2. The number of nitrogens with zero attached hydrogens (tertiary/aromatic N) is 1. The number of carbonyl (C=O) groups is 2. The quantitative estimate of drug-likeness (QED) is 0.264. The Morgan fingerprint density at radius 3 is 2.25 bits per heavy atom. The maximum Gasteiger partial charge on any atom is 0.303 e. The number of aromatic nitrogens is 1. The molecular formula is C31H32N2O3. The zero-order valence-corrected chi connectivity index (χ0v) is 20.8. The highest BCUT2D eigenvalue weighted by molar-refractivity contribution is 6.06. The maximum atomic E-state index is 13.2. The van der Waals surface area contributed by atoms with Crippen LogP contribution in [0.5, 0.6) is 0 Å². The number of hydrogen-bond acceptors (Lipinski definition) is 2. The summed E-state index contributed by atoms with van der Waals surface area (Å²) in [7, 11) is 0. The lowest BCUT2D eigenvalue weighted by Crippen LogP contribution is -2.26. The number of amides is 1. The van der Waals surface area contributed by atoms with Crippen LogP contribution in [0.15, 0.2) is 97.3 Å².